The van der Waals surface area contributed by atoms with Crippen molar-refractivity contribution in [1.29, 1.82) is 0 Å². The standard InChI is InChI=1S/C12H17N3O4/c1-7-5-15(6-8(7)12(18)19)11(17)9-3-4-10(16)14(2)13-9/h7-8H,3-6H2,1-2H3,(H,18,19)/t7-,8-/m1/s1. The zero-order valence-corrected chi connectivity index (χ0v) is 11.0. The van der Waals surface area contributed by atoms with Crippen molar-refractivity contribution >= 4 is 23.5 Å². The normalized spacial score (nSPS) is 27.5. The summed E-state index contributed by atoms with van der Waals surface area (Å²) in [7, 11) is 1.52. The number of nitrogens with zero attached hydrogens (tertiary/aromatic N) is 3. The third-order valence-electron chi connectivity index (χ3n) is 3.67. The first-order valence-electron chi connectivity index (χ1n) is 6.26. The third kappa shape index (κ3) is 2.59. The molecule has 104 valence electrons. The molecule has 0 aromatic heterocycles. The number of aliphatic carboxylic acids is 1. The second kappa shape index (κ2) is 4.99. The summed E-state index contributed by atoms with van der Waals surface area (Å²) >= 11 is 0. The lowest BCUT2D eigenvalue weighted by molar-refractivity contribution is -0.142. The van der Waals surface area contributed by atoms with Crippen LogP contribution in [-0.4, -0.2) is 58.6 Å². The van der Waals surface area contributed by atoms with Gasteiger partial charge in [0.1, 0.15) is 5.71 Å². The molecular formula is C12H17N3O4. The topological polar surface area (TPSA) is 90.3 Å². The maximum atomic E-state index is 12.2. The number of carboxylic acid groups (broad SMARTS) is 1. The molecule has 0 aliphatic carbocycles. The number of hydrazone groups is 1. The summed E-state index contributed by atoms with van der Waals surface area (Å²) in [6.07, 6.45) is 0.595. The second-order valence-corrected chi connectivity index (χ2v) is 5.10. The number of carbonyl (C=O) groups is 3. The minimum absolute atomic E-state index is 0.0648. The van der Waals surface area contributed by atoms with Crippen LogP contribution >= 0.6 is 0 Å². The maximum Gasteiger partial charge on any atom is 0.308 e. The summed E-state index contributed by atoms with van der Waals surface area (Å²) in [5.41, 5.74) is 0.334. The van der Waals surface area contributed by atoms with Crippen molar-refractivity contribution < 1.29 is 19.5 Å². The molecule has 1 N–H and O–H groups in total. The van der Waals surface area contributed by atoms with Gasteiger partial charge in [0.05, 0.1) is 5.92 Å². The number of likely N-dealkylation sites (tertiary alicyclic amines) is 1. The first kappa shape index (κ1) is 13.5. The fraction of sp³-hybridized carbons (Fsp3) is 0.667. The average Bonchev–Trinajstić information content (AvgIpc) is 2.74. The Balaban J connectivity index is 2.08. The first-order chi connectivity index (χ1) is 8.90. The van der Waals surface area contributed by atoms with Crippen LogP contribution in [0.2, 0.25) is 0 Å². The molecule has 0 aromatic carbocycles. The summed E-state index contributed by atoms with van der Waals surface area (Å²) in [6.45, 7) is 2.46. The summed E-state index contributed by atoms with van der Waals surface area (Å²) in [6, 6.07) is 0. The molecule has 0 aromatic rings. The van der Waals surface area contributed by atoms with Gasteiger partial charge in [0.25, 0.3) is 5.91 Å². The van der Waals surface area contributed by atoms with Crippen molar-refractivity contribution in [3.8, 4) is 0 Å². The fourth-order valence-corrected chi connectivity index (χ4v) is 2.46. The Morgan fingerprint density at radius 1 is 1.32 bits per heavy atom. The van der Waals surface area contributed by atoms with Gasteiger partial charge in [-0.25, -0.2) is 5.01 Å². The van der Waals surface area contributed by atoms with Gasteiger partial charge in [0, 0.05) is 33.0 Å². The quantitative estimate of drug-likeness (QED) is 0.748. The van der Waals surface area contributed by atoms with Gasteiger partial charge in [-0.3, -0.25) is 14.4 Å². The van der Waals surface area contributed by atoms with E-state index in [0.717, 1.165) is 0 Å². The lowest BCUT2D eigenvalue weighted by Crippen LogP contribution is -2.40. The van der Waals surface area contributed by atoms with E-state index < -0.39 is 11.9 Å². The second-order valence-electron chi connectivity index (χ2n) is 5.10. The van der Waals surface area contributed by atoms with Crippen molar-refractivity contribution in [2.45, 2.75) is 19.8 Å². The molecule has 7 nitrogen and oxygen atoms in total. The number of carbonyl (C=O) groups excluding carboxylic acids is 2. The van der Waals surface area contributed by atoms with Crippen LogP contribution in [0, 0.1) is 11.8 Å². The number of hydrogen-bond donors (Lipinski definition) is 1. The Morgan fingerprint density at radius 3 is 2.53 bits per heavy atom. The van der Waals surface area contributed by atoms with Crippen molar-refractivity contribution in [2.24, 2.45) is 16.9 Å². The predicted molar refractivity (Wildman–Crippen MR) is 66.3 cm³/mol. The number of carboxylic acids is 1. The third-order valence-corrected chi connectivity index (χ3v) is 3.67. The van der Waals surface area contributed by atoms with E-state index in [4.69, 9.17) is 5.11 Å². The molecule has 0 spiro atoms. The molecule has 2 heterocycles. The monoisotopic (exact) mass is 267 g/mol. The largest absolute Gasteiger partial charge is 0.481 e. The van der Waals surface area contributed by atoms with Crippen LogP contribution in [0.5, 0.6) is 0 Å². The summed E-state index contributed by atoms with van der Waals surface area (Å²) in [4.78, 5) is 36.1. The number of amides is 2. The van der Waals surface area contributed by atoms with Crippen LogP contribution in [0.3, 0.4) is 0 Å². The van der Waals surface area contributed by atoms with Gasteiger partial charge in [0.15, 0.2) is 0 Å². The first-order valence-corrected chi connectivity index (χ1v) is 6.26. The molecule has 0 bridgehead atoms. The predicted octanol–water partition coefficient (Wildman–Crippen LogP) is -0.226. The highest BCUT2D eigenvalue weighted by molar-refractivity contribution is 6.39. The van der Waals surface area contributed by atoms with Gasteiger partial charge in [-0.1, -0.05) is 6.92 Å². The SMILES string of the molecule is C[C@@H]1CN(C(=O)C2=NN(C)C(=O)CC2)C[C@H]1C(=O)O. The van der Waals surface area contributed by atoms with E-state index in [-0.39, 0.29) is 30.7 Å². The van der Waals surface area contributed by atoms with E-state index in [1.807, 2.05) is 6.92 Å². The van der Waals surface area contributed by atoms with Crippen LogP contribution in [0.4, 0.5) is 0 Å². The van der Waals surface area contributed by atoms with Crippen molar-refractivity contribution in [1.82, 2.24) is 9.91 Å². The van der Waals surface area contributed by atoms with Crippen molar-refractivity contribution in [3.63, 3.8) is 0 Å². The molecule has 2 aliphatic rings. The van der Waals surface area contributed by atoms with E-state index in [0.29, 0.717) is 18.7 Å². The van der Waals surface area contributed by atoms with Crippen LogP contribution in [-0.2, 0) is 14.4 Å². The van der Waals surface area contributed by atoms with Gasteiger partial charge < -0.3 is 10.0 Å². The van der Waals surface area contributed by atoms with E-state index in [9.17, 15) is 14.4 Å². The van der Waals surface area contributed by atoms with E-state index in [2.05, 4.69) is 5.10 Å². The fourth-order valence-electron chi connectivity index (χ4n) is 2.46. The van der Waals surface area contributed by atoms with Gasteiger partial charge in [-0.05, 0) is 5.92 Å². The molecule has 0 unspecified atom stereocenters. The molecule has 2 aliphatic heterocycles. The molecular weight excluding hydrogens is 250 g/mol. The molecule has 1 saturated heterocycles. The van der Waals surface area contributed by atoms with Crippen LogP contribution in [0.25, 0.3) is 0 Å². The lowest BCUT2D eigenvalue weighted by Gasteiger charge is -2.22. The Bertz CT molecular complexity index is 460. The van der Waals surface area contributed by atoms with E-state index in [1.165, 1.54) is 17.0 Å². The Hall–Kier alpha value is -1.92. The smallest absolute Gasteiger partial charge is 0.308 e. The van der Waals surface area contributed by atoms with Crippen LogP contribution in [0.15, 0.2) is 5.10 Å². The molecule has 1 fully saturated rings. The van der Waals surface area contributed by atoms with E-state index in [1.54, 1.807) is 0 Å². The summed E-state index contributed by atoms with van der Waals surface area (Å²) < 4.78 is 0. The Kier molecular flexibility index (Phi) is 3.55. The minimum atomic E-state index is -0.874. The highest BCUT2D eigenvalue weighted by Gasteiger charge is 2.38. The zero-order valence-electron chi connectivity index (χ0n) is 11.0. The molecule has 2 amide bonds. The summed E-state index contributed by atoms with van der Waals surface area (Å²) in [5, 5.41) is 14.2. The minimum Gasteiger partial charge on any atom is -0.481 e. The number of hydrogen-bond acceptors (Lipinski definition) is 4. The maximum absolute atomic E-state index is 12.2. The van der Waals surface area contributed by atoms with Crippen molar-refractivity contribution in [3.05, 3.63) is 0 Å². The van der Waals surface area contributed by atoms with Crippen molar-refractivity contribution in [2.75, 3.05) is 20.1 Å². The highest BCUT2D eigenvalue weighted by Crippen LogP contribution is 2.24. The molecule has 7 heteroatoms. The van der Waals surface area contributed by atoms with Gasteiger partial charge in [0.2, 0.25) is 5.91 Å². The van der Waals surface area contributed by atoms with Crippen LogP contribution < -0.4 is 0 Å². The molecule has 0 radical (unpaired) electrons. The van der Waals surface area contributed by atoms with Gasteiger partial charge in [-0.15, -0.1) is 0 Å². The average molecular weight is 267 g/mol. The Labute approximate surface area is 110 Å². The molecule has 2 rings (SSSR count). The van der Waals surface area contributed by atoms with E-state index >= 15 is 0 Å². The van der Waals surface area contributed by atoms with Gasteiger partial charge in [-0.2, -0.15) is 5.10 Å². The number of rotatable bonds is 2. The van der Waals surface area contributed by atoms with Gasteiger partial charge >= 0.3 is 5.97 Å². The molecule has 19 heavy (non-hydrogen) atoms. The zero-order chi connectivity index (χ0) is 14.2. The van der Waals surface area contributed by atoms with Crippen LogP contribution in [0.1, 0.15) is 19.8 Å². The highest BCUT2D eigenvalue weighted by atomic mass is 16.4. The Morgan fingerprint density at radius 2 is 2.00 bits per heavy atom. The molecule has 2 atom stereocenters. The lowest BCUT2D eigenvalue weighted by atomic mass is 9.99. The summed E-state index contributed by atoms with van der Waals surface area (Å²) in [5.74, 6) is -1.83. The molecule has 0 saturated carbocycles.